The van der Waals surface area contributed by atoms with Crippen LogP contribution < -0.4 is 11.1 Å². The van der Waals surface area contributed by atoms with Crippen LogP contribution in [-0.4, -0.2) is 10.9 Å². The largest absolute Gasteiger partial charge is 0.397 e. The molecule has 4 nitrogen and oxygen atoms in total. The van der Waals surface area contributed by atoms with Crippen LogP contribution in [-0.2, 0) is 17.8 Å². The Balaban J connectivity index is 1.93. The van der Waals surface area contributed by atoms with Crippen molar-refractivity contribution in [2.45, 2.75) is 26.8 Å². The van der Waals surface area contributed by atoms with E-state index in [2.05, 4.69) is 10.3 Å². The molecule has 21 heavy (non-hydrogen) atoms. The highest BCUT2D eigenvalue weighted by molar-refractivity contribution is 5.78. The number of aromatic nitrogens is 1. The fraction of sp³-hybridized carbons (Fsp3) is 0.250. The van der Waals surface area contributed by atoms with E-state index in [1.807, 2.05) is 0 Å². The summed E-state index contributed by atoms with van der Waals surface area (Å²) in [5.74, 6) is -0.331. The molecule has 0 aliphatic rings. The number of hydrogen-bond donors (Lipinski definition) is 2. The van der Waals surface area contributed by atoms with Crippen LogP contribution >= 0.6 is 0 Å². The van der Waals surface area contributed by atoms with Crippen LogP contribution in [0, 0.1) is 19.7 Å². The molecule has 3 N–H and O–H groups in total. The minimum atomic E-state index is -0.198. The Bertz CT molecular complexity index is 630. The lowest BCUT2D eigenvalue weighted by Crippen LogP contribution is -2.25. The second kappa shape index (κ2) is 6.35. The van der Waals surface area contributed by atoms with Gasteiger partial charge in [0.1, 0.15) is 5.82 Å². The van der Waals surface area contributed by atoms with Crippen molar-refractivity contribution in [3.8, 4) is 0 Å². The summed E-state index contributed by atoms with van der Waals surface area (Å²) in [6, 6.07) is 6.91. The van der Waals surface area contributed by atoms with Gasteiger partial charge in [0.2, 0.25) is 5.91 Å². The van der Waals surface area contributed by atoms with Gasteiger partial charge in [-0.05, 0) is 42.7 Å². The second-order valence-corrected chi connectivity index (χ2v) is 5.08. The number of nitrogens with two attached hydrogens (primary N) is 1. The van der Waals surface area contributed by atoms with Crippen molar-refractivity contribution in [1.82, 2.24) is 10.3 Å². The van der Waals surface area contributed by atoms with E-state index in [0.717, 1.165) is 5.56 Å². The van der Waals surface area contributed by atoms with Crippen LogP contribution in [0.5, 0.6) is 0 Å². The zero-order chi connectivity index (χ0) is 15.4. The molecule has 5 heteroatoms. The molecule has 0 aliphatic carbocycles. The first kappa shape index (κ1) is 15.0. The smallest absolute Gasteiger partial charge is 0.226 e. The average molecular weight is 287 g/mol. The van der Waals surface area contributed by atoms with Gasteiger partial charge in [0.25, 0.3) is 0 Å². The molecule has 1 aromatic heterocycles. The van der Waals surface area contributed by atoms with E-state index in [9.17, 15) is 9.18 Å². The summed E-state index contributed by atoms with van der Waals surface area (Å²) in [7, 11) is 0. The molecule has 0 saturated heterocycles. The monoisotopic (exact) mass is 287 g/mol. The number of nitrogen functional groups attached to an aromatic ring is 1. The number of carbonyl (C=O) groups is 1. The topological polar surface area (TPSA) is 68.0 Å². The van der Waals surface area contributed by atoms with Gasteiger partial charge in [0, 0.05) is 12.2 Å². The summed E-state index contributed by atoms with van der Waals surface area (Å²) in [4.78, 5) is 15.9. The van der Waals surface area contributed by atoms with Gasteiger partial charge in [-0.3, -0.25) is 9.78 Å². The Morgan fingerprint density at radius 3 is 2.52 bits per heavy atom. The summed E-state index contributed by atoms with van der Waals surface area (Å²) in [6.07, 6.45) is 1.72. The predicted molar refractivity (Wildman–Crippen MR) is 80.1 cm³/mol. The lowest BCUT2D eigenvalue weighted by molar-refractivity contribution is -0.120. The number of anilines is 1. The van der Waals surface area contributed by atoms with Gasteiger partial charge >= 0.3 is 0 Å². The quantitative estimate of drug-likeness (QED) is 0.906. The molecular weight excluding hydrogens is 269 g/mol. The molecule has 1 amide bonds. The standard InChI is InChI=1S/C16H18FN3O/c1-10-5-12(6-11(2)16(10)17)8-20-15(21)7-14-4-3-13(18)9-19-14/h3-6,9H,7-8,18H2,1-2H3,(H,20,21). The number of pyridine rings is 1. The summed E-state index contributed by atoms with van der Waals surface area (Å²) >= 11 is 0. The molecule has 0 unspecified atom stereocenters. The van der Waals surface area contributed by atoms with Crippen LogP contribution in [0.3, 0.4) is 0 Å². The highest BCUT2D eigenvalue weighted by Crippen LogP contribution is 2.14. The number of rotatable bonds is 4. The summed E-state index contributed by atoms with van der Waals surface area (Å²) < 4.78 is 13.5. The lowest BCUT2D eigenvalue weighted by Gasteiger charge is -2.08. The van der Waals surface area contributed by atoms with E-state index < -0.39 is 0 Å². The van der Waals surface area contributed by atoms with E-state index in [0.29, 0.717) is 29.1 Å². The van der Waals surface area contributed by atoms with Crippen LogP contribution in [0.2, 0.25) is 0 Å². The van der Waals surface area contributed by atoms with Crippen molar-refractivity contribution in [1.29, 1.82) is 0 Å². The molecule has 2 aromatic rings. The SMILES string of the molecule is Cc1cc(CNC(=O)Cc2ccc(N)cn2)cc(C)c1F. The molecule has 0 atom stereocenters. The van der Waals surface area contributed by atoms with E-state index in [-0.39, 0.29) is 18.1 Å². The van der Waals surface area contributed by atoms with Gasteiger partial charge in [0.15, 0.2) is 0 Å². The number of amides is 1. The fourth-order valence-corrected chi connectivity index (χ4v) is 2.11. The van der Waals surface area contributed by atoms with Crippen molar-refractivity contribution in [2.24, 2.45) is 0 Å². The Morgan fingerprint density at radius 2 is 1.95 bits per heavy atom. The molecule has 0 radical (unpaired) electrons. The van der Waals surface area contributed by atoms with Crippen molar-refractivity contribution in [2.75, 3.05) is 5.73 Å². The number of benzene rings is 1. The number of hydrogen-bond acceptors (Lipinski definition) is 3. The first-order valence-corrected chi connectivity index (χ1v) is 6.68. The Hall–Kier alpha value is -2.43. The van der Waals surface area contributed by atoms with Crippen LogP contribution in [0.15, 0.2) is 30.5 Å². The predicted octanol–water partition coefficient (Wildman–Crippen LogP) is 2.28. The van der Waals surface area contributed by atoms with E-state index in [4.69, 9.17) is 5.73 Å². The second-order valence-electron chi connectivity index (χ2n) is 5.08. The van der Waals surface area contributed by atoms with E-state index >= 15 is 0 Å². The molecule has 0 fully saturated rings. The Labute approximate surface area is 123 Å². The summed E-state index contributed by atoms with van der Waals surface area (Å²) in [6.45, 7) is 3.80. The molecular formula is C16H18FN3O. The van der Waals surface area contributed by atoms with Gasteiger partial charge < -0.3 is 11.1 Å². The van der Waals surface area contributed by atoms with Gasteiger partial charge in [0.05, 0.1) is 18.3 Å². The Morgan fingerprint density at radius 1 is 1.29 bits per heavy atom. The van der Waals surface area contributed by atoms with Crippen molar-refractivity contribution < 1.29 is 9.18 Å². The number of nitrogens with one attached hydrogen (secondary N) is 1. The maximum Gasteiger partial charge on any atom is 0.226 e. The first-order valence-electron chi connectivity index (χ1n) is 6.68. The van der Waals surface area contributed by atoms with Gasteiger partial charge in [-0.1, -0.05) is 12.1 Å². The number of aryl methyl sites for hydroxylation is 2. The zero-order valence-corrected chi connectivity index (χ0v) is 12.1. The van der Waals surface area contributed by atoms with Crippen molar-refractivity contribution >= 4 is 11.6 Å². The molecule has 110 valence electrons. The van der Waals surface area contributed by atoms with Crippen molar-refractivity contribution in [3.05, 3.63) is 58.7 Å². The van der Waals surface area contributed by atoms with E-state index in [1.54, 1.807) is 38.1 Å². The zero-order valence-electron chi connectivity index (χ0n) is 12.1. The number of halogens is 1. The number of carbonyl (C=O) groups excluding carboxylic acids is 1. The van der Waals surface area contributed by atoms with Gasteiger partial charge in [-0.25, -0.2) is 4.39 Å². The van der Waals surface area contributed by atoms with Gasteiger partial charge in [-0.2, -0.15) is 0 Å². The molecule has 0 spiro atoms. The maximum atomic E-state index is 13.5. The maximum absolute atomic E-state index is 13.5. The van der Waals surface area contributed by atoms with Crippen LogP contribution in [0.25, 0.3) is 0 Å². The molecule has 0 saturated carbocycles. The normalized spacial score (nSPS) is 10.4. The molecule has 1 aromatic carbocycles. The third kappa shape index (κ3) is 4.02. The van der Waals surface area contributed by atoms with Crippen LogP contribution in [0.1, 0.15) is 22.4 Å². The first-order chi connectivity index (χ1) is 9.95. The minimum Gasteiger partial charge on any atom is -0.397 e. The van der Waals surface area contributed by atoms with Crippen molar-refractivity contribution in [3.63, 3.8) is 0 Å². The third-order valence-corrected chi connectivity index (χ3v) is 3.18. The molecule has 0 aliphatic heterocycles. The fourth-order valence-electron chi connectivity index (χ4n) is 2.11. The van der Waals surface area contributed by atoms with Gasteiger partial charge in [-0.15, -0.1) is 0 Å². The highest BCUT2D eigenvalue weighted by Gasteiger charge is 2.07. The lowest BCUT2D eigenvalue weighted by atomic mass is 10.1. The molecule has 2 rings (SSSR count). The molecule has 1 heterocycles. The average Bonchev–Trinajstić information content (AvgIpc) is 2.45. The van der Waals surface area contributed by atoms with E-state index in [1.165, 1.54) is 6.20 Å². The highest BCUT2D eigenvalue weighted by atomic mass is 19.1. The third-order valence-electron chi connectivity index (χ3n) is 3.18. The number of nitrogens with zero attached hydrogens (tertiary/aromatic N) is 1. The molecule has 0 bridgehead atoms. The Kier molecular flexibility index (Phi) is 4.52. The van der Waals surface area contributed by atoms with Crippen LogP contribution in [0.4, 0.5) is 10.1 Å². The summed E-state index contributed by atoms with van der Waals surface area (Å²) in [5, 5.41) is 2.80. The summed E-state index contributed by atoms with van der Waals surface area (Å²) in [5.41, 5.74) is 8.81. The minimum absolute atomic E-state index is 0.132.